The van der Waals surface area contributed by atoms with Crippen LogP contribution in [0.15, 0.2) is 27.8 Å². The van der Waals surface area contributed by atoms with E-state index in [1.807, 2.05) is 0 Å². The Labute approximate surface area is 186 Å². The summed E-state index contributed by atoms with van der Waals surface area (Å²) in [6.45, 7) is 1.29. The molecule has 1 N–H and O–H groups in total. The number of benzene rings is 1. The molecule has 5 rings (SSSR count). The number of methoxy groups -OCH3 is 1. The first kappa shape index (κ1) is 21.4. The fourth-order valence-corrected chi connectivity index (χ4v) is 4.76. The molecule has 9 nitrogen and oxygen atoms in total. The molecule has 10 heteroatoms. The molecule has 2 aliphatic heterocycles. The van der Waals surface area contributed by atoms with E-state index in [9.17, 15) is 23.9 Å². The highest BCUT2D eigenvalue weighted by Crippen LogP contribution is 2.39. The van der Waals surface area contributed by atoms with Crippen molar-refractivity contribution in [2.24, 2.45) is 7.05 Å². The number of halogens is 1. The molecule has 0 saturated heterocycles. The van der Waals surface area contributed by atoms with E-state index < -0.39 is 28.4 Å². The number of carbonyl (C=O) groups excluding carboxylic acids is 1. The first-order valence-corrected chi connectivity index (χ1v) is 10.4. The minimum Gasteiger partial charge on any atom is -0.465 e. The molecule has 0 saturated carbocycles. The number of fused-ring (bicyclic) bond motifs is 5. The molecule has 1 aromatic carbocycles. The average Bonchev–Trinajstić information content (AvgIpc) is 3.19. The summed E-state index contributed by atoms with van der Waals surface area (Å²) in [4.78, 5) is 39.2. The summed E-state index contributed by atoms with van der Waals surface area (Å²) in [6, 6.07) is 3.79. The van der Waals surface area contributed by atoms with Gasteiger partial charge < -0.3 is 28.5 Å². The lowest BCUT2D eigenvalue weighted by molar-refractivity contribution is -0.172. The van der Waals surface area contributed by atoms with Crippen LogP contribution in [0.4, 0.5) is 4.39 Å². The normalized spacial score (nSPS) is 18.6. The minimum atomic E-state index is -1.99. The summed E-state index contributed by atoms with van der Waals surface area (Å²) in [5.74, 6) is -1.36. The molecule has 4 heterocycles. The highest BCUT2D eigenvalue weighted by atomic mass is 19.1. The predicted octanol–water partition coefficient (Wildman–Crippen LogP) is 1.51. The number of hydrogen-bond acceptors (Lipinski definition) is 7. The second kappa shape index (κ2) is 7.26. The zero-order valence-corrected chi connectivity index (χ0v) is 18.2. The van der Waals surface area contributed by atoms with Crippen LogP contribution in [-0.2, 0) is 40.1 Å². The van der Waals surface area contributed by atoms with E-state index >= 15 is 0 Å². The number of esters is 1. The van der Waals surface area contributed by atoms with Gasteiger partial charge in [-0.15, -0.1) is 0 Å². The van der Waals surface area contributed by atoms with E-state index in [4.69, 9.17) is 14.2 Å². The number of ether oxygens (including phenoxy) is 3. The van der Waals surface area contributed by atoms with Crippen molar-refractivity contribution in [2.75, 3.05) is 13.9 Å². The third kappa shape index (κ3) is 2.80. The Balaban J connectivity index is 1.84. The zero-order valence-electron chi connectivity index (χ0n) is 18.2. The van der Waals surface area contributed by atoms with Crippen molar-refractivity contribution in [2.45, 2.75) is 32.1 Å². The molecule has 3 aromatic rings. The monoisotopic (exact) mass is 456 g/mol. The maximum atomic E-state index is 14.4. The number of cyclic esters (lactones) is 1. The van der Waals surface area contributed by atoms with E-state index in [0.29, 0.717) is 11.2 Å². The van der Waals surface area contributed by atoms with Gasteiger partial charge in [0.05, 0.1) is 40.0 Å². The topological polar surface area (TPSA) is 109 Å². The van der Waals surface area contributed by atoms with Crippen LogP contribution in [0.2, 0.25) is 0 Å². The lowest BCUT2D eigenvalue weighted by atomic mass is 9.86. The minimum absolute atomic E-state index is 0.00424. The van der Waals surface area contributed by atoms with Crippen molar-refractivity contribution in [3.05, 3.63) is 61.4 Å². The second-order valence-corrected chi connectivity index (χ2v) is 8.16. The molecule has 172 valence electrons. The van der Waals surface area contributed by atoms with Gasteiger partial charge in [0, 0.05) is 25.8 Å². The lowest BCUT2D eigenvalue weighted by Crippen LogP contribution is -2.44. The summed E-state index contributed by atoms with van der Waals surface area (Å²) in [5, 5.41) is 11.0. The number of carbonyl (C=O) groups is 1. The van der Waals surface area contributed by atoms with Crippen LogP contribution in [-0.4, -0.2) is 34.1 Å². The van der Waals surface area contributed by atoms with Gasteiger partial charge in [-0.25, -0.2) is 9.18 Å². The van der Waals surface area contributed by atoms with Gasteiger partial charge in [-0.3, -0.25) is 9.59 Å². The van der Waals surface area contributed by atoms with E-state index in [0.717, 1.165) is 6.07 Å². The van der Waals surface area contributed by atoms with Crippen LogP contribution in [0.25, 0.3) is 22.2 Å². The molecule has 1 atom stereocenters. The number of hydrogen-bond donors (Lipinski definition) is 1. The van der Waals surface area contributed by atoms with Crippen molar-refractivity contribution >= 4 is 16.9 Å². The molecule has 0 aliphatic carbocycles. The molecule has 0 amide bonds. The van der Waals surface area contributed by atoms with Gasteiger partial charge in [0.15, 0.2) is 17.8 Å². The number of nitrogens with zero attached hydrogens (tertiary/aromatic N) is 2. The molecule has 0 spiro atoms. The standard InChI is InChI=1S/C23H21FN2O7/c1-4-23(30)14-7-15-18-16(8-26(15)21(28)13(14)9-32-22(23)29)25(2)19-12(20(18)27)5-11(24)6-17(19)33-10-31-3/h5-7,30H,4,8-10H2,1-3H3/t23-/m0/s1. The summed E-state index contributed by atoms with van der Waals surface area (Å²) < 4.78 is 32.9. The van der Waals surface area contributed by atoms with E-state index in [-0.39, 0.29) is 59.9 Å². The Kier molecular flexibility index (Phi) is 4.69. The molecule has 0 radical (unpaired) electrons. The van der Waals surface area contributed by atoms with E-state index in [2.05, 4.69) is 0 Å². The molecule has 0 unspecified atom stereocenters. The van der Waals surface area contributed by atoms with Crippen LogP contribution in [0.3, 0.4) is 0 Å². The van der Waals surface area contributed by atoms with Gasteiger partial charge in [-0.05, 0) is 18.6 Å². The van der Waals surface area contributed by atoms with Crippen LogP contribution in [0, 0.1) is 5.82 Å². The fourth-order valence-electron chi connectivity index (χ4n) is 4.76. The smallest absolute Gasteiger partial charge is 0.343 e. The Bertz CT molecular complexity index is 1470. The third-order valence-corrected chi connectivity index (χ3v) is 6.48. The van der Waals surface area contributed by atoms with Gasteiger partial charge in [0.2, 0.25) is 0 Å². The Morgan fingerprint density at radius 2 is 2.00 bits per heavy atom. The number of rotatable bonds is 4. The molecule has 0 bridgehead atoms. The Hall–Kier alpha value is -3.50. The van der Waals surface area contributed by atoms with Crippen LogP contribution in [0.1, 0.15) is 30.2 Å². The number of pyridine rings is 2. The van der Waals surface area contributed by atoms with Crippen molar-refractivity contribution in [1.29, 1.82) is 0 Å². The average molecular weight is 456 g/mol. The largest absolute Gasteiger partial charge is 0.465 e. The van der Waals surface area contributed by atoms with E-state index in [1.165, 1.54) is 23.8 Å². The van der Waals surface area contributed by atoms with Crippen LogP contribution in [0.5, 0.6) is 5.75 Å². The van der Waals surface area contributed by atoms with Gasteiger partial charge in [0.25, 0.3) is 5.56 Å². The zero-order chi connectivity index (χ0) is 23.7. The van der Waals surface area contributed by atoms with Crippen LogP contribution >= 0.6 is 0 Å². The summed E-state index contributed by atoms with van der Waals surface area (Å²) in [5.41, 5.74) is -1.25. The van der Waals surface area contributed by atoms with Crippen molar-refractivity contribution in [1.82, 2.24) is 9.13 Å². The Morgan fingerprint density at radius 3 is 2.70 bits per heavy atom. The molecular weight excluding hydrogens is 435 g/mol. The number of aliphatic hydroxyl groups is 1. The predicted molar refractivity (Wildman–Crippen MR) is 114 cm³/mol. The SMILES string of the molecule is CC[C@@]1(O)C(=O)OCc2c1cc1n(c2=O)Cc2c-1c(=O)c1cc(F)cc(OCOC)c1n2C. The summed E-state index contributed by atoms with van der Waals surface area (Å²) >= 11 is 0. The summed E-state index contributed by atoms with van der Waals surface area (Å²) in [7, 11) is 3.12. The van der Waals surface area contributed by atoms with Crippen molar-refractivity contribution < 1.29 is 28.5 Å². The lowest BCUT2D eigenvalue weighted by Gasteiger charge is -2.31. The third-order valence-electron chi connectivity index (χ3n) is 6.48. The second-order valence-electron chi connectivity index (χ2n) is 8.16. The maximum Gasteiger partial charge on any atom is 0.343 e. The van der Waals surface area contributed by atoms with Crippen LogP contribution < -0.4 is 15.7 Å². The number of aryl methyl sites for hydroxylation is 1. The molecule has 2 aromatic heterocycles. The van der Waals surface area contributed by atoms with Gasteiger partial charge in [-0.1, -0.05) is 6.92 Å². The highest BCUT2D eigenvalue weighted by Gasteiger charge is 2.45. The molecule has 0 fully saturated rings. The molecule has 33 heavy (non-hydrogen) atoms. The molecular formula is C23H21FN2O7. The maximum absolute atomic E-state index is 14.4. The van der Waals surface area contributed by atoms with Crippen molar-refractivity contribution in [3.63, 3.8) is 0 Å². The van der Waals surface area contributed by atoms with Gasteiger partial charge in [0.1, 0.15) is 18.2 Å². The van der Waals surface area contributed by atoms with Gasteiger partial charge >= 0.3 is 5.97 Å². The Morgan fingerprint density at radius 1 is 1.24 bits per heavy atom. The van der Waals surface area contributed by atoms with E-state index in [1.54, 1.807) is 18.5 Å². The van der Waals surface area contributed by atoms with Gasteiger partial charge in [-0.2, -0.15) is 0 Å². The van der Waals surface area contributed by atoms with Crippen molar-refractivity contribution in [3.8, 4) is 17.0 Å². The number of aromatic nitrogens is 2. The first-order chi connectivity index (χ1) is 15.7. The highest BCUT2D eigenvalue weighted by molar-refractivity contribution is 5.91. The first-order valence-electron chi connectivity index (χ1n) is 10.4. The quantitative estimate of drug-likeness (QED) is 0.366. The molecule has 2 aliphatic rings. The fraction of sp³-hybridized carbons (Fsp3) is 0.348. The summed E-state index contributed by atoms with van der Waals surface area (Å²) in [6.07, 6.45) is -0.00424.